The number of nitrogen functional groups attached to an aromatic ring is 1. The number of nitrogens with two attached hydrogens (primary N) is 1. The molecule has 0 spiro atoms. The molecule has 2 aromatic carbocycles. The third kappa shape index (κ3) is 8.00. The monoisotopic (exact) mass is 494 g/mol. The van der Waals surface area contributed by atoms with E-state index in [0.29, 0.717) is 18.8 Å². The number of benzene rings is 2. The van der Waals surface area contributed by atoms with E-state index in [1.54, 1.807) is 27.7 Å². The van der Waals surface area contributed by atoms with Gasteiger partial charge < -0.3 is 31.4 Å². The molecule has 6 N–H and O–H groups in total. The van der Waals surface area contributed by atoms with E-state index in [4.69, 9.17) is 10.5 Å². The van der Waals surface area contributed by atoms with Crippen molar-refractivity contribution in [2.45, 2.75) is 64.8 Å². The lowest BCUT2D eigenvalue weighted by Gasteiger charge is -2.24. The molecule has 192 valence electrons. The molecule has 0 fully saturated rings. The molecule has 0 unspecified atom stereocenters. The fraction of sp³-hybridized carbons (Fsp3) is 0.385. The van der Waals surface area contributed by atoms with Gasteiger partial charge in [0.25, 0.3) is 0 Å². The molecule has 0 aliphatic rings. The van der Waals surface area contributed by atoms with E-state index in [2.05, 4.69) is 25.9 Å². The second-order valence-corrected chi connectivity index (χ2v) is 9.64. The molecule has 10 nitrogen and oxygen atoms in total. The van der Waals surface area contributed by atoms with Crippen LogP contribution < -0.4 is 21.7 Å². The molecule has 0 aliphatic heterocycles. The first-order valence-corrected chi connectivity index (χ1v) is 11.9. The van der Waals surface area contributed by atoms with Crippen molar-refractivity contribution >= 4 is 34.9 Å². The van der Waals surface area contributed by atoms with Gasteiger partial charge in [-0.2, -0.15) is 0 Å². The molecule has 10 heteroatoms. The predicted molar refractivity (Wildman–Crippen MR) is 138 cm³/mol. The quantitative estimate of drug-likeness (QED) is 0.309. The standard InChI is InChI=1S/C26H34N6O4/c1-16(22(33)28-15-18-11-12-19-21(14-18)31-24(27)30-19)29-23(34)20(32-25(35)36-26(2,3)4)13-10-17-8-6-5-7-9-17/h5-9,11-12,14,16,20H,10,13,15H2,1-4H3,(H,28,33)(H,29,34)(H,32,35)(H3,27,30,31)/t16-,20+/m0/s1. The van der Waals surface area contributed by atoms with E-state index in [1.807, 2.05) is 48.5 Å². The summed E-state index contributed by atoms with van der Waals surface area (Å²) in [6.45, 7) is 7.10. The summed E-state index contributed by atoms with van der Waals surface area (Å²) in [5, 5.41) is 8.15. The first-order chi connectivity index (χ1) is 17.0. The molecule has 1 aromatic heterocycles. The van der Waals surface area contributed by atoms with Crippen molar-refractivity contribution in [1.29, 1.82) is 0 Å². The number of rotatable bonds is 9. The van der Waals surface area contributed by atoms with Crippen LogP contribution in [0.2, 0.25) is 0 Å². The van der Waals surface area contributed by atoms with Crippen molar-refractivity contribution in [3.05, 3.63) is 59.7 Å². The van der Waals surface area contributed by atoms with Crippen molar-refractivity contribution < 1.29 is 19.1 Å². The van der Waals surface area contributed by atoms with Gasteiger partial charge in [-0.15, -0.1) is 0 Å². The maximum Gasteiger partial charge on any atom is 0.408 e. The molecular formula is C26H34N6O4. The largest absolute Gasteiger partial charge is 0.444 e. The second kappa shape index (κ2) is 11.6. The number of amides is 3. The minimum Gasteiger partial charge on any atom is -0.444 e. The fourth-order valence-corrected chi connectivity index (χ4v) is 3.58. The third-order valence-electron chi connectivity index (χ3n) is 5.36. The molecule has 0 saturated carbocycles. The van der Waals surface area contributed by atoms with E-state index < -0.39 is 29.7 Å². The zero-order valence-corrected chi connectivity index (χ0v) is 21.1. The third-order valence-corrected chi connectivity index (χ3v) is 5.36. The van der Waals surface area contributed by atoms with Crippen molar-refractivity contribution in [3.8, 4) is 0 Å². The number of hydrogen-bond donors (Lipinski definition) is 5. The molecule has 0 bridgehead atoms. The van der Waals surface area contributed by atoms with Gasteiger partial charge in [-0.05, 0) is 63.8 Å². The first kappa shape index (κ1) is 26.5. The van der Waals surface area contributed by atoms with E-state index in [9.17, 15) is 14.4 Å². The molecule has 0 radical (unpaired) electrons. The number of carbonyl (C=O) groups is 3. The average molecular weight is 495 g/mol. The number of fused-ring (bicyclic) bond motifs is 1. The van der Waals surface area contributed by atoms with Gasteiger partial charge in [-0.1, -0.05) is 36.4 Å². The molecule has 1 heterocycles. The number of anilines is 1. The number of alkyl carbamates (subject to hydrolysis) is 1. The summed E-state index contributed by atoms with van der Waals surface area (Å²) in [5.74, 6) is -0.496. The number of nitrogens with one attached hydrogen (secondary N) is 4. The number of H-pyrrole nitrogens is 1. The van der Waals surface area contributed by atoms with Gasteiger partial charge in [0.05, 0.1) is 11.0 Å². The normalized spacial score (nSPS) is 13.0. The molecular weight excluding hydrogens is 460 g/mol. The number of imidazole rings is 1. The van der Waals surface area contributed by atoms with Gasteiger partial charge in [0, 0.05) is 6.54 Å². The summed E-state index contributed by atoms with van der Waals surface area (Å²) in [6.07, 6.45) is 0.217. The highest BCUT2D eigenvalue weighted by Gasteiger charge is 2.26. The number of ether oxygens (including phenoxy) is 1. The van der Waals surface area contributed by atoms with Crippen LogP contribution in [0.3, 0.4) is 0 Å². The van der Waals surface area contributed by atoms with Gasteiger partial charge in [-0.3, -0.25) is 9.59 Å². The topological polar surface area (TPSA) is 151 Å². The minimum atomic E-state index is -0.872. The Bertz CT molecular complexity index is 1200. The van der Waals surface area contributed by atoms with Crippen LogP contribution in [0.5, 0.6) is 0 Å². The lowest BCUT2D eigenvalue weighted by molar-refractivity contribution is -0.129. The average Bonchev–Trinajstić information content (AvgIpc) is 3.18. The Labute approximate surface area is 210 Å². The highest BCUT2D eigenvalue weighted by molar-refractivity contribution is 5.91. The summed E-state index contributed by atoms with van der Waals surface area (Å²) in [4.78, 5) is 45.1. The van der Waals surface area contributed by atoms with E-state index in [-0.39, 0.29) is 12.5 Å². The maximum atomic E-state index is 13.0. The molecule has 3 amide bonds. The van der Waals surface area contributed by atoms with Gasteiger partial charge in [-0.25, -0.2) is 9.78 Å². The Morgan fingerprint density at radius 1 is 1.03 bits per heavy atom. The molecule has 3 rings (SSSR count). The van der Waals surface area contributed by atoms with E-state index in [1.165, 1.54) is 0 Å². The van der Waals surface area contributed by atoms with Crippen molar-refractivity contribution in [1.82, 2.24) is 25.9 Å². The van der Waals surface area contributed by atoms with Gasteiger partial charge in [0.2, 0.25) is 11.8 Å². The number of aromatic nitrogens is 2. The number of carbonyl (C=O) groups excluding carboxylic acids is 3. The van der Waals surface area contributed by atoms with Crippen LogP contribution in [0, 0.1) is 0 Å². The molecule has 2 atom stereocenters. The maximum absolute atomic E-state index is 13.0. The highest BCUT2D eigenvalue weighted by atomic mass is 16.6. The Balaban J connectivity index is 1.58. The molecule has 0 aliphatic carbocycles. The lowest BCUT2D eigenvalue weighted by Crippen LogP contribution is -2.53. The Kier molecular flexibility index (Phi) is 8.52. The van der Waals surface area contributed by atoms with Crippen LogP contribution in [0.4, 0.5) is 10.7 Å². The second-order valence-electron chi connectivity index (χ2n) is 9.64. The van der Waals surface area contributed by atoms with E-state index >= 15 is 0 Å². The van der Waals surface area contributed by atoms with Crippen LogP contribution in [-0.2, 0) is 27.3 Å². The smallest absolute Gasteiger partial charge is 0.408 e. The van der Waals surface area contributed by atoms with Gasteiger partial charge in [0.15, 0.2) is 5.95 Å². The zero-order valence-electron chi connectivity index (χ0n) is 21.1. The number of nitrogens with zero attached hydrogens (tertiary/aromatic N) is 1. The van der Waals surface area contributed by atoms with Gasteiger partial charge in [0.1, 0.15) is 17.7 Å². The summed E-state index contributed by atoms with van der Waals surface area (Å²) in [7, 11) is 0. The van der Waals surface area contributed by atoms with E-state index in [0.717, 1.165) is 22.2 Å². The predicted octanol–water partition coefficient (Wildman–Crippen LogP) is 2.79. The van der Waals surface area contributed by atoms with Crippen molar-refractivity contribution in [2.75, 3.05) is 5.73 Å². The fourth-order valence-electron chi connectivity index (χ4n) is 3.58. The minimum absolute atomic E-state index is 0.265. The molecule has 0 saturated heterocycles. The van der Waals surface area contributed by atoms with Crippen LogP contribution in [0.1, 0.15) is 45.2 Å². The lowest BCUT2D eigenvalue weighted by atomic mass is 10.0. The number of hydrogen-bond acceptors (Lipinski definition) is 6. The first-order valence-electron chi connectivity index (χ1n) is 11.9. The summed E-state index contributed by atoms with van der Waals surface area (Å²) >= 11 is 0. The number of aryl methyl sites for hydroxylation is 1. The van der Waals surface area contributed by atoms with Crippen molar-refractivity contribution in [3.63, 3.8) is 0 Å². The van der Waals surface area contributed by atoms with Crippen LogP contribution in [0.25, 0.3) is 11.0 Å². The van der Waals surface area contributed by atoms with Gasteiger partial charge >= 0.3 is 6.09 Å². The molecule has 3 aromatic rings. The van der Waals surface area contributed by atoms with Crippen LogP contribution in [-0.4, -0.2) is 45.6 Å². The zero-order chi connectivity index (χ0) is 26.3. The highest BCUT2D eigenvalue weighted by Crippen LogP contribution is 2.14. The molecule has 36 heavy (non-hydrogen) atoms. The SMILES string of the molecule is C[C@H](NC(=O)[C@@H](CCc1ccccc1)NC(=O)OC(C)(C)C)C(=O)NCc1ccc2nc(N)[nH]c2c1. The Morgan fingerprint density at radius 3 is 2.44 bits per heavy atom. The number of aromatic amines is 1. The Hall–Kier alpha value is -4.08. The Morgan fingerprint density at radius 2 is 1.75 bits per heavy atom. The summed E-state index contributed by atoms with van der Waals surface area (Å²) in [6, 6.07) is 13.5. The van der Waals surface area contributed by atoms with Crippen LogP contribution >= 0.6 is 0 Å². The van der Waals surface area contributed by atoms with Crippen LogP contribution in [0.15, 0.2) is 48.5 Å². The van der Waals surface area contributed by atoms with Crippen molar-refractivity contribution in [2.24, 2.45) is 0 Å². The summed E-state index contributed by atoms with van der Waals surface area (Å²) in [5.41, 5.74) is 8.37. The summed E-state index contributed by atoms with van der Waals surface area (Å²) < 4.78 is 5.32.